The summed E-state index contributed by atoms with van der Waals surface area (Å²) < 4.78 is 41.6. The van der Waals surface area contributed by atoms with Crippen molar-refractivity contribution >= 4 is 33.1 Å². The number of benzene rings is 1. The maximum Gasteiger partial charge on any atom is 0.389 e. The van der Waals surface area contributed by atoms with E-state index in [1.54, 1.807) is 18.2 Å². The standard InChI is InChI=1S/C11H11BrF3NOS/c12-8-6-7(10(16)18)2-3-9(8)17-5-1-4-11(13,14)15/h2-3,6H,1,4-5H2,(H2,16,18). The summed E-state index contributed by atoms with van der Waals surface area (Å²) in [6, 6.07) is 4.94. The first-order valence-electron chi connectivity index (χ1n) is 5.08. The zero-order valence-electron chi connectivity index (χ0n) is 9.26. The molecule has 0 unspecified atom stereocenters. The van der Waals surface area contributed by atoms with Crippen molar-refractivity contribution in [3.63, 3.8) is 0 Å². The molecule has 0 saturated carbocycles. The highest BCUT2D eigenvalue weighted by molar-refractivity contribution is 9.10. The van der Waals surface area contributed by atoms with Gasteiger partial charge in [0.15, 0.2) is 0 Å². The number of nitrogens with two attached hydrogens (primary N) is 1. The van der Waals surface area contributed by atoms with Gasteiger partial charge in [-0.2, -0.15) is 13.2 Å². The van der Waals surface area contributed by atoms with E-state index in [-0.39, 0.29) is 18.0 Å². The monoisotopic (exact) mass is 341 g/mol. The van der Waals surface area contributed by atoms with Crippen molar-refractivity contribution in [1.82, 2.24) is 0 Å². The molecule has 0 aromatic heterocycles. The number of halogens is 4. The number of alkyl halides is 3. The van der Waals surface area contributed by atoms with E-state index >= 15 is 0 Å². The van der Waals surface area contributed by atoms with Gasteiger partial charge in [-0.05, 0) is 40.5 Å². The summed E-state index contributed by atoms with van der Waals surface area (Å²) in [5, 5.41) is 0. The molecule has 0 saturated heterocycles. The molecule has 18 heavy (non-hydrogen) atoms. The van der Waals surface area contributed by atoms with E-state index < -0.39 is 12.6 Å². The van der Waals surface area contributed by atoms with Crippen LogP contribution in [0.5, 0.6) is 5.75 Å². The second-order valence-corrected chi connectivity index (χ2v) is 4.87. The molecule has 0 aliphatic carbocycles. The third-order valence-electron chi connectivity index (χ3n) is 2.08. The molecule has 1 rings (SSSR count). The fourth-order valence-electron chi connectivity index (χ4n) is 1.23. The Labute approximate surface area is 116 Å². The molecule has 1 aromatic rings. The lowest BCUT2D eigenvalue weighted by Gasteiger charge is -2.10. The van der Waals surface area contributed by atoms with Crippen LogP contribution in [-0.2, 0) is 0 Å². The van der Waals surface area contributed by atoms with E-state index in [0.29, 0.717) is 15.8 Å². The third kappa shape index (κ3) is 5.22. The Morgan fingerprint density at radius 1 is 1.39 bits per heavy atom. The lowest BCUT2D eigenvalue weighted by atomic mass is 10.2. The Bertz CT molecular complexity index is 437. The van der Waals surface area contributed by atoms with Crippen molar-refractivity contribution in [2.75, 3.05) is 6.61 Å². The second-order valence-electron chi connectivity index (χ2n) is 3.58. The SMILES string of the molecule is NC(=S)c1ccc(OCCCC(F)(F)F)c(Br)c1. The van der Waals surface area contributed by atoms with Gasteiger partial charge in [-0.15, -0.1) is 0 Å². The van der Waals surface area contributed by atoms with Gasteiger partial charge in [0.05, 0.1) is 11.1 Å². The van der Waals surface area contributed by atoms with Gasteiger partial charge in [-0.1, -0.05) is 12.2 Å². The molecule has 0 aliphatic rings. The summed E-state index contributed by atoms with van der Waals surface area (Å²) in [6.45, 7) is 0.00449. The van der Waals surface area contributed by atoms with Crippen LogP contribution in [0.4, 0.5) is 13.2 Å². The van der Waals surface area contributed by atoms with Gasteiger partial charge >= 0.3 is 6.18 Å². The highest BCUT2D eigenvalue weighted by Gasteiger charge is 2.26. The molecule has 0 bridgehead atoms. The number of hydrogen-bond donors (Lipinski definition) is 1. The smallest absolute Gasteiger partial charge is 0.389 e. The molecule has 0 atom stereocenters. The zero-order chi connectivity index (χ0) is 13.8. The quantitative estimate of drug-likeness (QED) is 0.653. The van der Waals surface area contributed by atoms with Crippen molar-refractivity contribution in [2.24, 2.45) is 5.73 Å². The molecule has 0 fully saturated rings. The molecule has 1 aromatic carbocycles. The topological polar surface area (TPSA) is 35.2 Å². The molecule has 0 radical (unpaired) electrons. The maximum atomic E-state index is 11.9. The van der Waals surface area contributed by atoms with Gasteiger partial charge in [0.2, 0.25) is 0 Å². The number of thiocarbonyl (C=S) groups is 1. The van der Waals surface area contributed by atoms with Crippen molar-refractivity contribution in [2.45, 2.75) is 19.0 Å². The van der Waals surface area contributed by atoms with Crippen molar-refractivity contribution in [3.8, 4) is 5.75 Å². The highest BCUT2D eigenvalue weighted by atomic mass is 79.9. The van der Waals surface area contributed by atoms with Crippen LogP contribution in [0.1, 0.15) is 18.4 Å². The van der Waals surface area contributed by atoms with E-state index in [0.717, 1.165) is 0 Å². The van der Waals surface area contributed by atoms with Crippen LogP contribution in [0.15, 0.2) is 22.7 Å². The Balaban J connectivity index is 2.51. The van der Waals surface area contributed by atoms with E-state index in [1.165, 1.54) is 0 Å². The van der Waals surface area contributed by atoms with Crippen molar-refractivity contribution in [3.05, 3.63) is 28.2 Å². The first kappa shape index (κ1) is 15.2. The Kier molecular flexibility index (Phi) is 5.40. The van der Waals surface area contributed by atoms with Gasteiger partial charge in [-0.25, -0.2) is 0 Å². The number of rotatable bonds is 5. The molecular weight excluding hydrogens is 331 g/mol. The minimum Gasteiger partial charge on any atom is -0.492 e. The Morgan fingerprint density at radius 3 is 2.56 bits per heavy atom. The van der Waals surface area contributed by atoms with Gasteiger partial charge < -0.3 is 10.5 Å². The first-order chi connectivity index (χ1) is 8.29. The minimum absolute atomic E-state index is 0.00449. The summed E-state index contributed by atoms with van der Waals surface area (Å²) in [4.78, 5) is 0.249. The maximum absolute atomic E-state index is 11.9. The van der Waals surface area contributed by atoms with Crippen LogP contribution in [0.25, 0.3) is 0 Å². The molecule has 100 valence electrons. The molecule has 0 aliphatic heterocycles. The van der Waals surface area contributed by atoms with Gasteiger partial charge in [0.1, 0.15) is 10.7 Å². The van der Waals surface area contributed by atoms with Crippen molar-refractivity contribution < 1.29 is 17.9 Å². The third-order valence-corrected chi connectivity index (χ3v) is 2.93. The summed E-state index contributed by atoms with van der Waals surface area (Å²) in [5.74, 6) is 0.470. The van der Waals surface area contributed by atoms with Crippen molar-refractivity contribution in [1.29, 1.82) is 0 Å². The van der Waals surface area contributed by atoms with Crippen LogP contribution >= 0.6 is 28.1 Å². The molecule has 2 nitrogen and oxygen atoms in total. The zero-order valence-corrected chi connectivity index (χ0v) is 11.7. The largest absolute Gasteiger partial charge is 0.492 e. The number of ether oxygens (including phenoxy) is 1. The van der Waals surface area contributed by atoms with Crippen LogP contribution in [-0.4, -0.2) is 17.8 Å². The van der Waals surface area contributed by atoms with Gasteiger partial charge in [0, 0.05) is 12.0 Å². The average molecular weight is 342 g/mol. The molecule has 0 heterocycles. The molecule has 7 heteroatoms. The van der Waals surface area contributed by atoms with E-state index in [2.05, 4.69) is 15.9 Å². The second kappa shape index (κ2) is 6.38. The van der Waals surface area contributed by atoms with E-state index in [1.807, 2.05) is 0 Å². The van der Waals surface area contributed by atoms with Crippen LogP contribution in [0, 0.1) is 0 Å². The summed E-state index contributed by atoms with van der Waals surface area (Å²) in [5.41, 5.74) is 6.11. The van der Waals surface area contributed by atoms with E-state index in [4.69, 9.17) is 22.7 Å². The fourth-order valence-corrected chi connectivity index (χ4v) is 1.85. The Hall–Kier alpha value is -0.820. The van der Waals surface area contributed by atoms with Gasteiger partial charge in [-0.3, -0.25) is 0 Å². The normalized spacial score (nSPS) is 11.3. The first-order valence-corrected chi connectivity index (χ1v) is 6.28. The lowest BCUT2D eigenvalue weighted by molar-refractivity contribution is -0.136. The predicted molar refractivity (Wildman–Crippen MR) is 70.8 cm³/mol. The minimum atomic E-state index is -4.14. The van der Waals surface area contributed by atoms with Crippen LogP contribution < -0.4 is 10.5 Å². The predicted octanol–water partition coefficient (Wildman–Crippen LogP) is 3.80. The van der Waals surface area contributed by atoms with E-state index in [9.17, 15) is 13.2 Å². The molecule has 2 N–H and O–H groups in total. The highest BCUT2D eigenvalue weighted by Crippen LogP contribution is 2.27. The molecule has 0 spiro atoms. The molecule has 0 amide bonds. The van der Waals surface area contributed by atoms with Crippen LogP contribution in [0.2, 0.25) is 0 Å². The average Bonchev–Trinajstić information content (AvgIpc) is 2.24. The summed E-state index contributed by atoms with van der Waals surface area (Å²) >= 11 is 8.05. The summed E-state index contributed by atoms with van der Waals surface area (Å²) in [7, 11) is 0. The van der Waals surface area contributed by atoms with Gasteiger partial charge in [0.25, 0.3) is 0 Å². The number of hydrogen-bond acceptors (Lipinski definition) is 2. The Morgan fingerprint density at radius 2 is 2.06 bits per heavy atom. The summed E-state index contributed by atoms with van der Waals surface area (Å²) in [6.07, 6.45) is -5.07. The van der Waals surface area contributed by atoms with Crippen LogP contribution in [0.3, 0.4) is 0 Å². The lowest BCUT2D eigenvalue weighted by Crippen LogP contribution is -2.11. The fraction of sp³-hybridized carbons (Fsp3) is 0.364. The molecular formula is C11H11BrF3NOS.